The largest absolute Gasteiger partial charge is 0.510 e. The molecule has 4 heterocycles. The molecule has 0 atom stereocenters. The molecule has 78 heavy (non-hydrogen) atoms. The summed E-state index contributed by atoms with van der Waals surface area (Å²) in [4.78, 5) is 4.82. The minimum Gasteiger partial charge on any atom is -0.510 e. The first-order chi connectivity index (χ1) is 43.0. The molecule has 7 heteroatoms. The molecule has 0 fully saturated rings. The fourth-order valence-electron chi connectivity index (χ4n) is 10.3. The molecule has 0 unspecified atom stereocenters. The van der Waals surface area contributed by atoms with Gasteiger partial charge in [0.2, 0.25) is 0 Å². The first kappa shape index (κ1) is 36.7. The van der Waals surface area contributed by atoms with Gasteiger partial charge in [0.05, 0.1) is 45.6 Å². The van der Waals surface area contributed by atoms with Crippen molar-refractivity contribution >= 4 is 54.6 Å². The molecule has 386 valence electrons. The number of benzene rings is 9. The Labute approximate surface area is 490 Å². The molecule has 9 aromatic carbocycles. The predicted octanol–water partition coefficient (Wildman–Crippen LogP) is 17.7. The van der Waals surface area contributed by atoms with Crippen LogP contribution in [-0.4, -0.2) is 18.7 Å². The molecule has 13 aromatic rings. The van der Waals surface area contributed by atoms with Gasteiger partial charge in [-0.2, -0.15) is 18.2 Å². The van der Waals surface area contributed by atoms with Gasteiger partial charge in [-0.25, -0.2) is 4.98 Å². The van der Waals surface area contributed by atoms with Crippen LogP contribution in [0.15, 0.2) is 206 Å². The van der Waals surface area contributed by atoms with Crippen LogP contribution >= 0.6 is 0 Å². The van der Waals surface area contributed by atoms with Crippen molar-refractivity contribution < 1.29 is 49.6 Å². The maximum absolute atomic E-state index is 9.27. The van der Waals surface area contributed by atoms with E-state index in [1.807, 2.05) is 80.4 Å². The van der Waals surface area contributed by atoms with Crippen LogP contribution in [0.2, 0.25) is 0 Å². The van der Waals surface area contributed by atoms with Crippen molar-refractivity contribution in [2.75, 3.05) is 0 Å². The van der Waals surface area contributed by atoms with E-state index in [9.17, 15) is 2.74 Å². The smallest absolute Gasteiger partial charge is 0.268 e. The van der Waals surface area contributed by atoms with Crippen LogP contribution in [-0.2, 0) is 31.9 Å². The van der Waals surface area contributed by atoms with Gasteiger partial charge in [-0.15, -0.1) is 29.7 Å². The molecule has 0 saturated heterocycles. The number of pyridine rings is 1. The van der Waals surface area contributed by atoms with Crippen molar-refractivity contribution in [1.82, 2.24) is 18.7 Å². The molecular weight excluding hydrogens is 1130 g/mol. The number of imidazole rings is 1. The molecule has 0 radical (unpaired) electrons. The maximum atomic E-state index is 9.27. The quantitative estimate of drug-likeness (QED) is 0.107. The summed E-state index contributed by atoms with van der Waals surface area (Å²) in [6.45, 7) is 16.6. The monoisotopic (exact) mass is 1210 g/mol. The van der Waals surface area contributed by atoms with E-state index in [2.05, 4.69) is 78.2 Å². The Morgan fingerprint density at radius 2 is 1.22 bits per heavy atom. The van der Waals surface area contributed by atoms with Crippen molar-refractivity contribution in [3.63, 3.8) is 0 Å². The van der Waals surface area contributed by atoms with Gasteiger partial charge < -0.3 is 18.4 Å². The normalized spacial score (nSPS) is 14.8. The Hall–Kier alpha value is -8.31. The summed E-state index contributed by atoms with van der Waals surface area (Å²) in [5.41, 5.74) is 8.41. The zero-order valence-corrected chi connectivity index (χ0v) is 46.4. The van der Waals surface area contributed by atoms with Gasteiger partial charge in [-0.05, 0) is 109 Å². The van der Waals surface area contributed by atoms with E-state index in [-0.39, 0.29) is 77.1 Å². The molecule has 0 spiro atoms. The molecule has 4 aromatic heterocycles. The topological polar surface area (TPSA) is 40.8 Å². The first-order valence-corrected chi connectivity index (χ1v) is 25.5. The van der Waals surface area contributed by atoms with Crippen molar-refractivity contribution in [3.05, 3.63) is 241 Å². The van der Waals surface area contributed by atoms with E-state index in [0.29, 0.717) is 72.6 Å². The molecule has 0 aliphatic carbocycles. The number of para-hydroxylation sites is 5. The van der Waals surface area contributed by atoms with Crippen LogP contribution in [0.5, 0.6) is 11.5 Å². The van der Waals surface area contributed by atoms with Gasteiger partial charge >= 0.3 is 0 Å². The summed E-state index contributed by atoms with van der Waals surface area (Å²) in [5, 5.41) is 1.22. The molecule has 13 rings (SSSR count). The molecule has 0 bridgehead atoms. The second-order valence-corrected chi connectivity index (χ2v) is 21.6. The fourth-order valence-corrected chi connectivity index (χ4v) is 10.3. The zero-order chi connectivity index (χ0) is 65.0. The predicted molar refractivity (Wildman–Crippen MR) is 317 cm³/mol. The third-order valence-electron chi connectivity index (χ3n) is 14.3. The van der Waals surface area contributed by atoms with Gasteiger partial charge in [0.15, 0.2) is 0 Å². The molecular formula is C71H59N5OPt-2. The maximum Gasteiger partial charge on any atom is 0.268 e. The number of fused-ring (bicyclic) bond motifs is 7. The second kappa shape index (κ2) is 19.6. The Bertz CT molecular complexity index is 5150. The van der Waals surface area contributed by atoms with E-state index in [1.165, 1.54) is 4.57 Å². The van der Waals surface area contributed by atoms with Crippen LogP contribution in [0.25, 0.3) is 99.8 Å². The fraction of sp³-hybridized carbons (Fsp3) is 0.155. The number of ether oxygens (including phenoxy) is 1. The van der Waals surface area contributed by atoms with Crippen molar-refractivity contribution in [2.45, 2.75) is 72.1 Å². The van der Waals surface area contributed by atoms with Gasteiger partial charge in [-0.1, -0.05) is 188 Å². The number of rotatable bonds is 9. The van der Waals surface area contributed by atoms with Gasteiger partial charge in [0, 0.05) is 62.1 Å². The van der Waals surface area contributed by atoms with Crippen LogP contribution in [0, 0.1) is 18.5 Å². The van der Waals surface area contributed by atoms with Crippen LogP contribution < -0.4 is 9.30 Å². The SMILES string of the molecule is [2H]c1c([2H])c([2H])c(-c2cccc(-c3cc(C(C)(C)C)cc(C(C)(C)C)c3)c2-[n+]2[c-]n(-c3[c-]c(Oc4[c-]c5c(cc4)c4cc(-n6c7c([2H])c([2H])c([2H])c([2H])c7c7c([2H])c([2H])c([2H])c([2H])c76)ccc4n5-c4cc(C([2H])(C)C)ccn4)ccc3)c3ccccc32)c([2H])c1[2H].[Pt]. The third kappa shape index (κ3) is 8.83. The summed E-state index contributed by atoms with van der Waals surface area (Å²) < 4.78 is 138. The van der Waals surface area contributed by atoms with E-state index < -0.39 is 72.4 Å². The Balaban J connectivity index is 0.00000816. The number of aromatic nitrogens is 5. The molecule has 6 nitrogen and oxygen atoms in total. The molecule has 0 aliphatic heterocycles. The average molecular weight is 1210 g/mol. The molecule has 0 amide bonds. The Morgan fingerprint density at radius 1 is 0.564 bits per heavy atom. The van der Waals surface area contributed by atoms with Crippen LogP contribution in [0.3, 0.4) is 0 Å². The summed E-state index contributed by atoms with van der Waals surface area (Å²) in [7, 11) is 0. The van der Waals surface area contributed by atoms with Crippen molar-refractivity contribution in [1.29, 1.82) is 0 Å². The minimum absolute atomic E-state index is 0. The van der Waals surface area contributed by atoms with E-state index in [1.54, 1.807) is 56.4 Å². The minimum atomic E-state index is -1.01. The number of hydrogen-bond acceptors (Lipinski definition) is 2. The van der Waals surface area contributed by atoms with Crippen LogP contribution in [0.1, 0.15) is 97.2 Å². The zero-order valence-electron chi connectivity index (χ0n) is 58.1. The molecule has 0 N–H and O–H groups in total. The molecule has 0 saturated carbocycles. The standard InChI is InChI=1S/C71H59N5O.Pt/c1-46(2)48-36-37-72-68(40-48)76-64-35-32-53(75-62-28-14-12-24-58(62)59-25-13-15-29-63(59)75)43-61(64)60-34-33-55(44-67(60)76)77-54-23-18-22-52(42-54)73-45-74(66-31-17-16-30-65(66)73)69-56(47-20-10-9-11-21-47)26-19-27-57(69)49-38-50(70(3,4)5)41-51(39-49)71(6,7)8;/h9-41,43,46H,1-8H3;/q-2;/i9D,10D,11D,12D,13D,14D,15D,20D,21D,24D,25D,28D,29D,46D;. The van der Waals surface area contributed by atoms with E-state index in [4.69, 9.17) is 26.2 Å². The van der Waals surface area contributed by atoms with Crippen LogP contribution in [0.4, 0.5) is 0 Å². The van der Waals surface area contributed by atoms with Gasteiger partial charge in [0.1, 0.15) is 5.82 Å². The second-order valence-electron chi connectivity index (χ2n) is 21.6. The average Bonchev–Trinajstić information content (AvgIpc) is 1.54. The van der Waals surface area contributed by atoms with E-state index in [0.717, 1.165) is 22.3 Å². The summed E-state index contributed by atoms with van der Waals surface area (Å²) in [6, 6.07) is 39.1. The summed E-state index contributed by atoms with van der Waals surface area (Å²) >= 11 is 0. The van der Waals surface area contributed by atoms with Crippen molar-refractivity contribution in [2.24, 2.45) is 0 Å². The Morgan fingerprint density at radius 3 is 1.92 bits per heavy atom. The van der Waals surface area contributed by atoms with E-state index >= 15 is 0 Å². The molecule has 0 aliphatic rings. The Kier molecular flexibility index (Phi) is 9.22. The van der Waals surface area contributed by atoms with Gasteiger partial charge in [-0.3, -0.25) is 4.57 Å². The summed E-state index contributed by atoms with van der Waals surface area (Å²) in [6.07, 6.45) is 5.26. The van der Waals surface area contributed by atoms with Gasteiger partial charge in [0.25, 0.3) is 6.33 Å². The third-order valence-corrected chi connectivity index (χ3v) is 14.3. The first-order valence-electron chi connectivity index (χ1n) is 32.5. The number of hydrogen-bond donors (Lipinski definition) is 0. The van der Waals surface area contributed by atoms with Crippen molar-refractivity contribution in [3.8, 4) is 56.6 Å². The number of nitrogens with zero attached hydrogens (tertiary/aromatic N) is 5. The summed E-state index contributed by atoms with van der Waals surface area (Å²) in [5.74, 6) is 0.0493.